The smallest absolute Gasteiger partial charge is 0.305 e. The van der Waals surface area contributed by atoms with Crippen molar-refractivity contribution in [1.82, 2.24) is 0 Å². The molecule has 0 radical (unpaired) electrons. The molecule has 10 nitrogen and oxygen atoms in total. The average Bonchev–Trinajstić information content (AvgIpc) is 2.71. The summed E-state index contributed by atoms with van der Waals surface area (Å²) in [7, 11) is 0. The molecule has 0 spiro atoms. The van der Waals surface area contributed by atoms with Crippen LogP contribution in [0.2, 0.25) is 0 Å². The third-order valence-electron chi connectivity index (χ3n) is 4.79. The van der Waals surface area contributed by atoms with Crippen LogP contribution in [0.4, 0.5) is 0 Å². The van der Waals surface area contributed by atoms with Gasteiger partial charge in [0, 0.05) is 13.3 Å². The van der Waals surface area contributed by atoms with E-state index < -0.39 is 55.4 Å². The number of unbranched alkanes of at least 4 members (excludes halogenated alkanes) is 5. The van der Waals surface area contributed by atoms with Gasteiger partial charge in [0.1, 0.15) is 31.0 Å². The van der Waals surface area contributed by atoms with Crippen LogP contribution in [0.3, 0.4) is 0 Å². The van der Waals surface area contributed by atoms with Crippen LogP contribution in [-0.2, 0) is 28.5 Å². The lowest BCUT2D eigenvalue weighted by molar-refractivity contribution is -0.305. The van der Waals surface area contributed by atoms with Gasteiger partial charge in [0.05, 0.1) is 13.2 Å². The van der Waals surface area contributed by atoms with Gasteiger partial charge in [-0.05, 0) is 6.42 Å². The van der Waals surface area contributed by atoms with E-state index in [2.05, 4.69) is 6.92 Å². The molecule has 0 saturated carbocycles. The molecule has 0 aliphatic carbocycles. The molecule has 10 heteroatoms. The van der Waals surface area contributed by atoms with Crippen molar-refractivity contribution in [2.75, 3.05) is 19.8 Å². The number of hydrogen-bond donors (Lipinski definition) is 4. The zero-order chi connectivity index (χ0) is 22.5. The van der Waals surface area contributed by atoms with Crippen molar-refractivity contribution < 1.29 is 49.0 Å². The summed E-state index contributed by atoms with van der Waals surface area (Å²) in [5.41, 5.74) is 0. The summed E-state index contributed by atoms with van der Waals surface area (Å²) < 4.78 is 20.8. The summed E-state index contributed by atoms with van der Waals surface area (Å²) in [6, 6.07) is 0. The lowest BCUT2D eigenvalue weighted by Gasteiger charge is -2.39. The van der Waals surface area contributed by atoms with Crippen molar-refractivity contribution in [2.24, 2.45) is 0 Å². The molecule has 6 atom stereocenters. The highest BCUT2D eigenvalue weighted by Crippen LogP contribution is 2.22. The Morgan fingerprint density at radius 1 is 0.967 bits per heavy atom. The van der Waals surface area contributed by atoms with Crippen LogP contribution in [0.15, 0.2) is 0 Å². The molecule has 1 saturated heterocycles. The molecule has 0 aromatic carbocycles. The maximum Gasteiger partial charge on any atom is 0.305 e. The van der Waals surface area contributed by atoms with Gasteiger partial charge < -0.3 is 39.4 Å². The average molecular weight is 436 g/mol. The molecule has 4 N–H and O–H groups in total. The van der Waals surface area contributed by atoms with Crippen LogP contribution in [0.5, 0.6) is 0 Å². The van der Waals surface area contributed by atoms with E-state index in [4.69, 9.17) is 18.9 Å². The quantitative estimate of drug-likeness (QED) is 0.217. The first-order chi connectivity index (χ1) is 14.3. The number of carbonyl (C=O) groups is 2. The first kappa shape index (κ1) is 26.7. The second-order valence-electron chi connectivity index (χ2n) is 7.46. The minimum atomic E-state index is -1.58. The summed E-state index contributed by atoms with van der Waals surface area (Å²) in [6.07, 6.45) is -1.57. The van der Waals surface area contributed by atoms with Crippen molar-refractivity contribution in [3.8, 4) is 0 Å². The largest absolute Gasteiger partial charge is 0.462 e. The van der Waals surface area contributed by atoms with E-state index in [1.165, 1.54) is 13.3 Å². The van der Waals surface area contributed by atoms with E-state index in [1.54, 1.807) is 0 Å². The predicted octanol–water partition coefficient (Wildman–Crippen LogP) is 0.0284. The van der Waals surface area contributed by atoms with Crippen molar-refractivity contribution in [2.45, 2.75) is 95.6 Å². The SMILES string of the molecule is CCCCCCCCC(=O)OC[C@H](CO[C@@H]1O[C@H](CO)[C@H](O)[C@H](O)[C@H]1O)OC(C)=O. The molecule has 176 valence electrons. The Labute approximate surface area is 177 Å². The molecule has 0 aromatic rings. The van der Waals surface area contributed by atoms with Crippen LogP contribution >= 0.6 is 0 Å². The Balaban J connectivity index is 2.42. The third-order valence-corrected chi connectivity index (χ3v) is 4.79. The Morgan fingerprint density at radius 2 is 1.63 bits per heavy atom. The van der Waals surface area contributed by atoms with Gasteiger partial charge >= 0.3 is 11.9 Å². The van der Waals surface area contributed by atoms with Gasteiger partial charge in [-0.15, -0.1) is 0 Å². The minimum absolute atomic E-state index is 0.230. The number of esters is 2. The molecule has 30 heavy (non-hydrogen) atoms. The van der Waals surface area contributed by atoms with E-state index >= 15 is 0 Å². The van der Waals surface area contributed by atoms with Crippen molar-refractivity contribution in [3.63, 3.8) is 0 Å². The highest BCUT2D eigenvalue weighted by Gasteiger charge is 2.44. The van der Waals surface area contributed by atoms with Crippen molar-refractivity contribution in [1.29, 1.82) is 0 Å². The van der Waals surface area contributed by atoms with Gasteiger partial charge in [0.25, 0.3) is 0 Å². The van der Waals surface area contributed by atoms with Crippen LogP contribution in [0.1, 0.15) is 58.8 Å². The monoisotopic (exact) mass is 436 g/mol. The van der Waals surface area contributed by atoms with Gasteiger partial charge in [-0.25, -0.2) is 0 Å². The summed E-state index contributed by atoms with van der Waals surface area (Å²) in [5.74, 6) is -1.01. The van der Waals surface area contributed by atoms with Crippen LogP contribution in [0, 0.1) is 0 Å². The Kier molecular flexibility index (Phi) is 13.1. The standard InChI is InChI=1S/C20H36O10/c1-3-4-5-6-7-8-9-16(23)27-11-14(29-13(2)22)12-28-20-19(26)18(25)17(24)15(10-21)30-20/h14-15,17-21,24-26H,3-12H2,1-2H3/t14-,15-,17+,18+,19-,20-/m1/s1. The number of aliphatic hydroxyl groups excluding tert-OH is 4. The van der Waals surface area contributed by atoms with E-state index in [0.717, 1.165) is 32.1 Å². The van der Waals surface area contributed by atoms with Crippen LogP contribution in [0.25, 0.3) is 0 Å². The summed E-state index contributed by atoms with van der Waals surface area (Å²) in [5, 5.41) is 38.7. The van der Waals surface area contributed by atoms with E-state index in [0.29, 0.717) is 0 Å². The predicted molar refractivity (Wildman–Crippen MR) is 104 cm³/mol. The van der Waals surface area contributed by atoms with E-state index in [1.807, 2.05) is 0 Å². The van der Waals surface area contributed by atoms with Crippen LogP contribution in [-0.4, -0.2) is 89.0 Å². The molecule has 1 rings (SSSR count). The highest BCUT2D eigenvalue weighted by atomic mass is 16.7. The summed E-state index contributed by atoms with van der Waals surface area (Å²) in [4.78, 5) is 23.2. The molecule has 0 bridgehead atoms. The number of carbonyl (C=O) groups excluding carboxylic acids is 2. The molecule has 1 aliphatic heterocycles. The molecule has 1 aliphatic rings. The van der Waals surface area contributed by atoms with E-state index in [-0.39, 0.29) is 19.6 Å². The molecular formula is C20H36O10. The number of aliphatic hydroxyl groups is 4. The molecule has 0 amide bonds. The topological polar surface area (TPSA) is 152 Å². The molecular weight excluding hydrogens is 400 g/mol. The Bertz CT molecular complexity index is 498. The second-order valence-corrected chi connectivity index (χ2v) is 7.46. The van der Waals surface area contributed by atoms with Gasteiger partial charge in [-0.2, -0.15) is 0 Å². The third kappa shape index (κ3) is 9.67. The van der Waals surface area contributed by atoms with Gasteiger partial charge in [0.2, 0.25) is 0 Å². The first-order valence-corrected chi connectivity index (χ1v) is 10.5. The zero-order valence-corrected chi connectivity index (χ0v) is 17.8. The normalized spacial score (nSPS) is 27.5. The lowest BCUT2D eigenvalue weighted by atomic mass is 9.99. The molecule has 0 unspecified atom stereocenters. The molecule has 1 heterocycles. The first-order valence-electron chi connectivity index (χ1n) is 10.5. The Morgan fingerprint density at radius 3 is 2.27 bits per heavy atom. The summed E-state index contributed by atoms with van der Waals surface area (Å²) >= 11 is 0. The summed E-state index contributed by atoms with van der Waals surface area (Å²) in [6.45, 7) is 2.23. The second kappa shape index (κ2) is 14.7. The molecule has 0 aromatic heterocycles. The Hall–Kier alpha value is -1.30. The van der Waals surface area contributed by atoms with Crippen molar-refractivity contribution in [3.05, 3.63) is 0 Å². The minimum Gasteiger partial charge on any atom is -0.462 e. The van der Waals surface area contributed by atoms with Gasteiger partial charge in [0.15, 0.2) is 12.4 Å². The fourth-order valence-electron chi connectivity index (χ4n) is 3.07. The van der Waals surface area contributed by atoms with Gasteiger partial charge in [-0.3, -0.25) is 9.59 Å². The highest BCUT2D eigenvalue weighted by molar-refractivity contribution is 5.69. The number of ether oxygens (including phenoxy) is 4. The fraction of sp³-hybridized carbons (Fsp3) is 0.900. The van der Waals surface area contributed by atoms with Crippen molar-refractivity contribution >= 4 is 11.9 Å². The van der Waals surface area contributed by atoms with Gasteiger partial charge in [-0.1, -0.05) is 39.0 Å². The van der Waals surface area contributed by atoms with Crippen LogP contribution < -0.4 is 0 Å². The number of rotatable bonds is 14. The maximum atomic E-state index is 11.9. The maximum absolute atomic E-state index is 11.9. The fourth-order valence-corrected chi connectivity index (χ4v) is 3.07. The van der Waals surface area contributed by atoms with E-state index in [9.17, 15) is 30.0 Å². The zero-order valence-electron chi connectivity index (χ0n) is 17.8. The lowest BCUT2D eigenvalue weighted by Crippen LogP contribution is -2.59. The number of hydrogen-bond acceptors (Lipinski definition) is 10. The molecule has 1 fully saturated rings.